The van der Waals surface area contributed by atoms with E-state index in [9.17, 15) is 9.59 Å². The van der Waals surface area contributed by atoms with Crippen molar-refractivity contribution >= 4 is 21.8 Å². The molecule has 1 N–H and O–H groups in total. The van der Waals surface area contributed by atoms with Gasteiger partial charge in [-0.05, 0) is 18.9 Å². The zero-order chi connectivity index (χ0) is 13.1. The molecular formula is C13H17BrN2O2. The molecule has 18 heavy (non-hydrogen) atoms. The van der Waals surface area contributed by atoms with Gasteiger partial charge in [-0.2, -0.15) is 0 Å². The Labute approximate surface area is 115 Å². The van der Waals surface area contributed by atoms with Crippen molar-refractivity contribution < 1.29 is 4.79 Å². The smallest absolute Gasteiger partial charge is 0.251 e. The predicted molar refractivity (Wildman–Crippen MR) is 74.1 cm³/mol. The molecule has 1 heterocycles. The molecule has 5 heteroatoms. The number of carbonyl (C=O) groups excluding carboxylic acids is 1. The standard InChI is InChI=1S/C13H17BrN2O2/c1-16-7-6-9(8-12(16)17)13(18)15-11-5-3-2-4-10(11)14/h6-8,10-11H,2-5H2,1H3,(H,15,18). The molecule has 1 aliphatic carbocycles. The van der Waals surface area contributed by atoms with Crippen LogP contribution < -0.4 is 10.9 Å². The van der Waals surface area contributed by atoms with Crippen molar-refractivity contribution in [1.29, 1.82) is 0 Å². The van der Waals surface area contributed by atoms with Crippen LogP contribution >= 0.6 is 15.9 Å². The van der Waals surface area contributed by atoms with Crippen LogP contribution in [-0.4, -0.2) is 21.3 Å². The van der Waals surface area contributed by atoms with E-state index >= 15 is 0 Å². The van der Waals surface area contributed by atoms with Gasteiger partial charge in [0.05, 0.1) is 0 Å². The predicted octanol–water partition coefficient (Wildman–Crippen LogP) is 1.82. The second kappa shape index (κ2) is 5.69. The van der Waals surface area contributed by atoms with Crippen LogP contribution in [-0.2, 0) is 7.05 Å². The minimum absolute atomic E-state index is 0.162. The molecule has 98 valence electrons. The first-order chi connectivity index (χ1) is 8.58. The van der Waals surface area contributed by atoms with Crippen LogP contribution in [0.2, 0.25) is 0 Å². The number of alkyl halides is 1. The monoisotopic (exact) mass is 312 g/mol. The van der Waals surface area contributed by atoms with E-state index in [0.717, 1.165) is 19.3 Å². The van der Waals surface area contributed by atoms with Gasteiger partial charge in [-0.1, -0.05) is 28.8 Å². The maximum atomic E-state index is 12.0. The van der Waals surface area contributed by atoms with Gasteiger partial charge in [0.1, 0.15) is 0 Å². The minimum atomic E-state index is -0.165. The van der Waals surface area contributed by atoms with Crippen molar-refractivity contribution in [2.75, 3.05) is 0 Å². The summed E-state index contributed by atoms with van der Waals surface area (Å²) in [5, 5.41) is 3.00. The number of halogens is 1. The molecule has 0 aliphatic heterocycles. The van der Waals surface area contributed by atoms with Crippen LogP contribution in [0.5, 0.6) is 0 Å². The number of carbonyl (C=O) groups is 1. The summed E-state index contributed by atoms with van der Waals surface area (Å²) in [6.45, 7) is 0. The molecular weight excluding hydrogens is 296 g/mol. The Bertz CT molecular complexity index is 498. The lowest BCUT2D eigenvalue weighted by atomic mass is 9.95. The van der Waals surface area contributed by atoms with Crippen molar-refractivity contribution in [2.45, 2.75) is 36.6 Å². The van der Waals surface area contributed by atoms with E-state index < -0.39 is 0 Å². The number of nitrogens with one attached hydrogen (secondary N) is 1. The van der Waals surface area contributed by atoms with Gasteiger partial charge in [-0.3, -0.25) is 9.59 Å². The zero-order valence-electron chi connectivity index (χ0n) is 10.4. The molecule has 0 spiro atoms. The second-order valence-electron chi connectivity index (χ2n) is 4.74. The lowest BCUT2D eigenvalue weighted by molar-refractivity contribution is 0.0929. The Hall–Kier alpha value is -1.10. The van der Waals surface area contributed by atoms with E-state index in [2.05, 4.69) is 21.2 Å². The molecule has 0 aromatic carbocycles. The first-order valence-electron chi connectivity index (χ1n) is 6.19. The van der Waals surface area contributed by atoms with Gasteiger partial charge < -0.3 is 9.88 Å². The zero-order valence-corrected chi connectivity index (χ0v) is 11.9. The molecule has 1 aromatic heterocycles. The third-order valence-corrected chi connectivity index (χ3v) is 4.46. The summed E-state index contributed by atoms with van der Waals surface area (Å²) in [4.78, 5) is 23.9. The number of rotatable bonds is 2. The van der Waals surface area contributed by atoms with E-state index in [-0.39, 0.29) is 17.5 Å². The lowest BCUT2D eigenvalue weighted by Gasteiger charge is -2.28. The summed E-state index contributed by atoms with van der Waals surface area (Å²) in [6.07, 6.45) is 6.04. The van der Waals surface area contributed by atoms with Crippen LogP contribution in [0.1, 0.15) is 36.0 Å². The van der Waals surface area contributed by atoms with Crippen molar-refractivity contribution in [3.63, 3.8) is 0 Å². The van der Waals surface area contributed by atoms with Crippen molar-refractivity contribution in [1.82, 2.24) is 9.88 Å². The van der Waals surface area contributed by atoms with Crippen LogP contribution in [0.3, 0.4) is 0 Å². The van der Waals surface area contributed by atoms with Gasteiger partial charge in [-0.15, -0.1) is 0 Å². The summed E-state index contributed by atoms with van der Waals surface area (Å²) in [6, 6.07) is 3.21. The highest BCUT2D eigenvalue weighted by atomic mass is 79.9. The van der Waals surface area contributed by atoms with Crippen LogP contribution in [0.15, 0.2) is 23.1 Å². The Kier molecular flexibility index (Phi) is 4.22. The molecule has 1 amide bonds. The van der Waals surface area contributed by atoms with Gasteiger partial charge in [0.25, 0.3) is 11.5 Å². The van der Waals surface area contributed by atoms with Crippen molar-refractivity contribution in [3.8, 4) is 0 Å². The summed E-state index contributed by atoms with van der Waals surface area (Å²) in [5.74, 6) is -0.163. The number of amides is 1. The van der Waals surface area contributed by atoms with E-state index in [1.165, 1.54) is 17.1 Å². The molecule has 0 saturated heterocycles. The Morgan fingerprint density at radius 3 is 2.83 bits per heavy atom. The third kappa shape index (κ3) is 3.02. The quantitative estimate of drug-likeness (QED) is 0.847. The van der Waals surface area contributed by atoms with E-state index in [0.29, 0.717) is 10.4 Å². The lowest BCUT2D eigenvalue weighted by Crippen LogP contribution is -2.42. The number of aromatic nitrogens is 1. The Morgan fingerprint density at radius 2 is 2.17 bits per heavy atom. The normalized spacial score (nSPS) is 23.7. The molecule has 1 fully saturated rings. The molecule has 2 unspecified atom stereocenters. The summed E-state index contributed by atoms with van der Waals surface area (Å²) < 4.78 is 1.45. The fourth-order valence-corrected chi connectivity index (χ4v) is 2.91. The summed E-state index contributed by atoms with van der Waals surface area (Å²) >= 11 is 3.60. The first-order valence-corrected chi connectivity index (χ1v) is 7.11. The maximum Gasteiger partial charge on any atom is 0.251 e. The molecule has 0 bridgehead atoms. The number of hydrogen-bond acceptors (Lipinski definition) is 2. The molecule has 2 rings (SSSR count). The van der Waals surface area contributed by atoms with E-state index in [1.807, 2.05) is 0 Å². The number of hydrogen-bond donors (Lipinski definition) is 1. The van der Waals surface area contributed by atoms with Crippen LogP contribution in [0.4, 0.5) is 0 Å². The van der Waals surface area contributed by atoms with Crippen molar-refractivity contribution in [2.24, 2.45) is 7.05 Å². The topological polar surface area (TPSA) is 51.1 Å². The SMILES string of the molecule is Cn1ccc(C(=O)NC2CCCCC2Br)cc1=O. The van der Waals surface area contributed by atoms with Crippen LogP contribution in [0.25, 0.3) is 0 Å². The average molecular weight is 313 g/mol. The molecule has 2 atom stereocenters. The number of aryl methyl sites for hydroxylation is 1. The highest BCUT2D eigenvalue weighted by molar-refractivity contribution is 9.09. The fraction of sp³-hybridized carbons (Fsp3) is 0.538. The summed E-state index contributed by atoms with van der Waals surface area (Å²) in [5.41, 5.74) is 0.269. The average Bonchev–Trinajstić information content (AvgIpc) is 2.35. The van der Waals surface area contributed by atoms with E-state index in [4.69, 9.17) is 0 Å². The fourth-order valence-electron chi connectivity index (χ4n) is 2.19. The van der Waals surface area contributed by atoms with E-state index in [1.54, 1.807) is 19.3 Å². The molecule has 4 nitrogen and oxygen atoms in total. The molecule has 1 aromatic rings. The highest BCUT2D eigenvalue weighted by Crippen LogP contribution is 2.24. The molecule has 1 saturated carbocycles. The highest BCUT2D eigenvalue weighted by Gasteiger charge is 2.24. The summed E-state index contributed by atoms with van der Waals surface area (Å²) in [7, 11) is 1.67. The van der Waals surface area contributed by atoms with Gasteiger partial charge in [-0.25, -0.2) is 0 Å². The number of pyridine rings is 1. The van der Waals surface area contributed by atoms with Gasteiger partial charge in [0.15, 0.2) is 0 Å². The Balaban J connectivity index is 2.07. The van der Waals surface area contributed by atoms with Crippen LogP contribution in [0, 0.1) is 0 Å². The van der Waals surface area contributed by atoms with Crippen molar-refractivity contribution in [3.05, 3.63) is 34.2 Å². The third-order valence-electron chi connectivity index (χ3n) is 3.36. The maximum absolute atomic E-state index is 12.0. The van der Waals surface area contributed by atoms with Gasteiger partial charge in [0.2, 0.25) is 0 Å². The minimum Gasteiger partial charge on any atom is -0.348 e. The molecule has 0 radical (unpaired) electrons. The first kappa shape index (κ1) is 13.3. The second-order valence-corrected chi connectivity index (χ2v) is 5.92. The Morgan fingerprint density at radius 1 is 1.44 bits per heavy atom. The largest absolute Gasteiger partial charge is 0.348 e. The number of nitrogens with zero attached hydrogens (tertiary/aromatic N) is 1. The van der Waals surface area contributed by atoms with Gasteiger partial charge in [0, 0.05) is 35.7 Å². The molecule has 1 aliphatic rings. The van der Waals surface area contributed by atoms with Gasteiger partial charge >= 0.3 is 0 Å².